The summed E-state index contributed by atoms with van der Waals surface area (Å²) in [6.07, 6.45) is 0.402. The summed E-state index contributed by atoms with van der Waals surface area (Å²) in [5, 5.41) is 5.92. The van der Waals surface area contributed by atoms with E-state index in [1.807, 2.05) is 35.2 Å². The highest BCUT2D eigenvalue weighted by atomic mass is 19.1. The predicted molar refractivity (Wildman–Crippen MR) is 110 cm³/mol. The summed E-state index contributed by atoms with van der Waals surface area (Å²) in [4.78, 5) is 13.0. The molecule has 1 aliphatic rings. The summed E-state index contributed by atoms with van der Waals surface area (Å²) in [6, 6.07) is 12.9. The highest BCUT2D eigenvalue weighted by Gasteiger charge is 2.24. The van der Waals surface area contributed by atoms with Crippen molar-refractivity contribution in [3.63, 3.8) is 0 Å². The van der Waals surface area contributed by atoms with E-state index in [2.05, 4.69) is 10.6 Å². The van der Waals surface area contributed by atoms with E-state index in [9.17, 15) is 13.6 Å². The number of anilines is 1. The van der Waals surface area contributed by atoms with Crippen LogP contribution in [0, 0.1) is 5.82 Å². The van der Waals surface area contributed by atoms with Crippen LogP contribution in [-0.4, -0.2) is 45.1 Å². The van der Waals surface area contributed by atoms with Gasteiger partial charge in [-0.2, -0.15) is 0 Å². The molecule has 156 valence electrons. The molecule has 1 aliphatic heterocycles. The zero-order chi connectivity index (χ0) is 20.6. The Labute approximate surface area is 170 Å². The van der Waals surface area contributed by atoms with Gasteiger partial charge in [0.25, 0.3) is 0 Å². The third kappa shape index (κ3) is 5.98. The monoisotopic (exact) mass is 403 g/mol. The van der Waals surface area contributed by atoms with E-state index in [1.54, 1.807) is 6.07 Å². The lowest BCUT2D eigenvalue weighted by Gasteiger charge is -2.17. The standard InChI is InChI=1S/C22H27F2N3O2/c1-16(28)26-13-20-14-27(15-29-20)19-7-8-21(22(24)11-19)18-5-3-17(4-6-18)12-25-10-2-9-23/h3-8,11,20,25H,2,9-10,12-15H2,1H3,(H,26,28). The number of nitrogens with one attached hydrogen (secondary N) is 2. The Morgan fingerprint density at radius 1 is 1.24 bits per heavy atom. The second kappa shape index (κ2) is 10.3. The molecule has 2 aromatic carbocycles. The average molecular weight is 403 g/mol. The Hall–Kier alpha value is -2.51. The predicted octanol–water partition coefficient (Wildman–Crippen LogP) is 3.24. The molecule has 0 bridgehead atoms. The van der Waals surface area contributed by atoms with Crippen LogP contribution in [-0.2, 0) is 16.1 Å². The maximum Gasteiger partial charge on any atom is 0.216 e. The zero-order valence-electron chi connectivity index (χ0n) is 16.6. The van der Waals surface area contributed by atoms with Gasteiger partial charge in [-0.05, 0) is 42.3 Å². The Morgan fingerprint density at radius 3 is 2.72 bits per heavy atom. The number of halogens is 2. The number of hydrogen-bond acceptors (Lipinski definition) is 4. The van der Waals surface area contributed by atoms with Crippen molar-refractivity contribution in [2.45, 2.75) is 26.0 Å². The molecular formula is C22H27F2N3O2. The van der Waals surface area contributed by atoms with Gasteiger partial charge in [-0.3, -0.25) is 9.18 Å². The van der Waals surface area contributed by atoms with Crippen LogP contribution < -0.4 is 15.5 Å². The molecular weight excluding hydrogens is 376 g/mol. The quantitative estimate of drug-likeness (QED) is 0.631. The lowest BCUT2D eigenvalue weighted by molar-refractivity contribution is -0.119. The Kier molecular flexibility index (Phi) is 7.55. The molecule has 3 rings (SSSR count). The molecule has 0 saturated carbocycles. The summed E-state index contributed by atoms with van der Waals surface area (Å²) >= 11 is 0. The van der Waals surface area contributed by atoms with Crippen LogP contribution in [0.5, 0.6) is 0 Å². The molecule has 1 fully saturated rings. The number of ether oxygens (including phenoxy) is 1. The molecule has 7 heteroatoms. The number of alkyl halides is 1. The van der Waals surface area contributed by atoms with Crippen molar-refractivity contribution in [3.8, 4) is 11.1 Å². The normalized spacial score (nSPS) is 16.2. The van der Waals surface area contributed by atoms with Crippen molar-refractivity contribution in [2.24, 2.45) is 0 Å². The third-order valence-corrected chi connectivity index (χ3v) is 4.87. The van der Waals surface area contributed by atoms with Gasteiger partial charge in [0, 0.05) is 37.8 Å². The molecule has 2 N–H and O–H groups in total. The van der Waals surface area contributed by atoms with Crippen molar-refractivity contribution < 1.29 is 18.3 Å². The van der Waals surface area contributed by atoms with Crippen molar-refractivity contribution in [2.75, 3.05) is 37.9 Å². The van der Waals surface area contributed by atoms with E-state index >= 15 is 0 Å². The Balaban J connectivity index is 1.60. The van der Waals surface area contributed by atoms with Gasteiger partial charge in [0.2, 0.25) is 5.91 Å². The summed E-state index contributed by atoms with van der Waals surface area (Å²) in [5.41, 5.74) is 3.18. The maximum absolute atomic E-state index is 14.8. The SMILES string of the molecule is CC(=O)NCC1CN(c2ccc(-c3ccc(CNCCCF)cc3)c(F)c2)CO1. The highest BCUT2D eigenvalue weighted by molar-refractivity contribution is 5.72. The first kappa shape index (κ1) is 21.2. The zero-order valence-corrected chi connectivity index (χ0v) is 16.6. The summed E-state index contributed by atoms with van der Waals surface area (Å²) in [6.45, 7) is 3.87. The number of carbonyl (C=O) groups is 1. The van der Waals surface area contributed by atoms with Crippen molar-refractivity contribution >= 4 is 11.6 Å². The first-order valence-electron chi connectivity index (χ1n) is 9.83. The summed E-state index contributed by atoms with van der Waals surface area (Å²) in [5.74, 6) is -0.384. The molecule has 1 atom stereocenters. The number of rotatable bonds is 9. The molecule has 29 heavy (non-hydrogen) atoms. The van der Waals surface area contributed by atoms with Crippen LogP contribution in [0.15, 0.2) is 42.5 Å². The van der Waals surface area contributed by atoms with Crippen LogP contribution in [0.1, 0.15) is 18.9 Å². The molecule has 1 heterocycles. The fraction of sp³-hybridized carbons (Fsp3) is 0.409. The lowest BCUT2D eigenvalue weighted by Crippen LogP contribution is -2.33. The van der Waals surface area contributed by atoms with Crippen molar-refractivity contribution in [3.05, 3.63) is 53.8 Å². The van der Waals surface area contributed by atoms with E-state index < -0.39 is 0 Å². The van der Waals surface area contributed by atoms with E-state index in [4.69, 9.17) is 4.74 Å². The van der Waals surface area contributed by atoms with Gasteiger partial charge in [-0.25, -0.2) is 4.39 Å². The lowest BCUT2D eigenvalue weighted by atomic mass is 10.0. The van der Waals surface area contributed by atoms with Crippen LogP contribution in [0.3, 0.4) is 0 Å². The molecule has 0 radical (unpaired) electrons. The fourth-order valence-corrected chi connectivity index (χ4v) is 3.27. The third-order valence-electron chi connectivity index (χ3n) is 4.87. The maximum atomic E-state index is 14.8. The minimum atomic E-state index is -0.319. The summed E-state index contributed by atoms with van der Waals surface area (Å²) < 4.78 is 32.5. The molecule has 1 saturated heterocycles. The topological polar surface area (TPSA) is 53.6 Å². The first-order chi connectivity index (χ1) is 14.1. The minimum absolute atomic E-state index is 0.0935. The number of hydrogen-bond donors (Lipinski definition) is 2. The molecule has 0 spiro atoms. The Bertz CT molecular complexity index is 814. The van der Waals surface area contributed by atoms with Crippen LogP contribution >= 0.6 is 0 Å². The van der Waals surface area contributed by atoms with Crippen LogP contribution in [0.4, 0.5) is 14.5 Å². The van der Waals surface area contributed by atoms with E-state index in [-0.39, 0.29) is 24.5 Å². The van der Waals surface area contributed by atoms with Gasteiger partial charge in [0.05, 0.1) is 12.8 Å². The van der Waals surface area contributed by atoms with Crippen molar-refractivity contribution in [1.82, 2.24) is 10.6 Å². The Morgan fingerprint density at radius 2 is 2.03 bits per heavy atom. The van der Waals surface area contributed by atoms with Gasteiger partial charge in [-0.15, -0.1) is 0 Å². The first-order valence-corrected chi connectivity index (χ1v) is 9.83. The van der Waals surface area contributed by atoms with Gasteiger partial charge < -0.3 is 20.3 Å². The van der Waals surface area contributed by atoms with Crippen LogP contribution in [0.25, 0.3) is 11.1 Å². The largest absolute Gasteiger partial charge is 0.354 e. The minimum Gasteiger partial charge on any atom is -0.354 e. The van der Waals surface area contributed by atoms with E-state index in [1.165, 1.54) is 13.0 Å². The number of benzene rings is 2. The molecule has 1 amide bonds. The van der Waals surface area contributed by atoms with Gasteiger partial charge >= 0.3 is 0 Å². The molecule has 1 unspecified atom stereocenters. The van der Waals surface area contributed by atoms with Gasteiger partial charge in [0.15, 0.2) is 0 Å². The van der Waals surface area contributed by atoms with Gasteiger partial charge in [0.1, 0.15) is 12.5 Å². The average Bonchev–Trinajstić information content (AvgIpc) is 3.19. The molecule has 5 nitrogen and oxygen atoms in total. The van der Waals surface area contributed by atoms with Crippen molar-refractivity contribution in [1.29, 1.82) is 0 Å². The molecule has 2 aromatic rings. The highest BCUT2D eigenvalue weighted by Crippen LogP contribution is 2.28. The molecule has 0 aromatic heterocycles. The number of amides is 1. The number of carbonyl (C=O) groups excluding carboxylic acids is 1. The van der Waals surface area contributed by atoms with Crippen LogP contribution in [0.2, 0.25) is 0 Å². The fourth-order valence-electron chi connectivity index (χ4n) is 3.27. The van der Waals surface area contributed by atoms with E-state index in [0.717, 1.165) is 16.8 Å². The second-order valence-electron chi connectivity index (χ2n) is 7.16. The molecule has 0 aliphatic carbocycles. The summed E-state index contributed by atoms with van der Waals surface area (Å²) in [7, 11) is 0. The number of nitrogens with zero attached hydrogens (tertiary/aromatic N) is 1. The van der Waals surface area contributed by atoms with Gasteiger partial charge in [-0.1, -0.05) is 24.3 Å². The second-order valence-corrected chi connectivity index (χ2v) is 7.16. The van der Waals surface area contributed by atoms with E-state index in [0.29, 0.717) is 44.9 Å². The smallest absolute Gasteiger partial charge is 0.216 e.